The van der Waals surface area contributed by atoms with Gasteiger partial charge in [-0.15, -0.1) is 0 Å². The molecule has 0 spiro atoms. The van der Waals surface area contributed by atoms with Crippen LogP contribution in [0.15, 0.2) is 60.8 Å². The van der Waals surface area contributed by atoms with Crippen molar-refractivity contribution in [3.05, 3.63) is 83.4 Å². The number of primary amides is 1. The fourth-order valence-corrected chi connectivity index (χ4v) is 4.93. The standard InChI is InChI=1S/C31H29FN4O5/c1-17(37)35-23-14-20(13-19-5-4-12-34-26(19)23)24(38)10-11-31(3,40)25-15-22-28(41-16-30(22,2)29(33)39)27(36-25)18-6-8-21(32)9-7-18/h4-9,12-15,40H,10-11,16H2,1-3H3,(H2,33,39)(H,35,37)/t30-,31-/m0/s1. The molecule has 1 aliphatic rings. The smallest absolute Gasteiger partial charge is 0.231 e. The first-order valence-corrected chi connectivity index (χ1v) is 13.1. The molecule has 0 saturated heterocycles. The van der Waals surface area contributed by atoms with Crippen LogP contribution in [0.1, 0.15) is 55.2 Å². The summed E-state index contributed by atoms with van der Waals surface area (Å²) in [7, 11) is 0. The highest BCUT2D eigenvalue weighted by Crippen LogP contribution is 2.46. The first kappa shape index (κ1) is 27.9. The number of carbonyl (C=O) groups is 3. The molecular weight excluding hydrogens is 527 g/mol. The number of nitrogens with one attached hydrogen (secondary N) is 1. The van der Waals surface area contributed by atoms with E-state index in [1.807, 2.05) is 0 Å². The summed E-state index contributed by atoms with van der Waals surface area (Å²) in [6.07, 6.45) is 1.55. The SMILES string of the molecule is CC(=O)Nc1cc(C(=O)CC[C@](C)(O)c2cc3c(c(-c4ccc(F)cc4)n2)OC[C@]3(C)C(N)=O)cc2cccnc12. The van der Waals surface area contributed by atoms with E-state index in [-0.39, 0.29) is 36.8 Å². The second-order valence-electron chi connectivity index (χ2n) is 10.7. The molecule has 2 aromatic carbocycles. The number of pyridine rings is 2. The van der Waals surface area contributed by atoms with E-state index in [9.17, 15) is 23.9 Å². The Labute approximate surface area is 235 Å². The Morgan fingerprint density at radius 2 is 1.90 bits per heavy atom. The molecule has 2 aromatic heterocycles. The number of benzene rings is 2. The molecule has 1 aliphatic heterocycles. The number of fused-ring (bicyclic) bond motifs is 2. The summed E-state index contributed by atoms with van der Waals surface area (Å²) in [6, 6.07) is 14.0. The minimum Gasteiger partial charge on any atom is -0.489 e. The number of aromatic nitrogens is 2. The summed E-state index contributed by atoms with van der Waals surface area (Å²) >= 11 is 0. The Morgan fingerprint density at radius 1 is 1.17 bits per heavy atom. The van der Waals surface area contributed by atoms with Crippen molar-refractivity contribution in [3.63, 3.8) is 0 Å². The molecule has 10 heteroatoms. The monoisotopic (exact) mass is 556 g/mol. The molecule has 0 bridgehead atoms. The normalized spacial score (nSPS) is 17.4. The van der Waals surface area contributed by atoms with E-state index in [0.717, 1.165) is 0 Å². The van der Waals surface area contributed by atoms with Crippen molar-refractivity contribution in [2.45, 2.75) is 44.6 Å². The van der Waals surface area contributed by atoms with Gasteiger partial charge in [-0.3, -0.25) is 19.4 Å². The van der Waals surface area contributed by atoms with Crippen LogP contribution in [-0.2, 0) is 20.6 Å². The third-order valence-electron chi connectivity index (χ3n) is 7.46. The zero-order valence-electron chi connectivity index (χ0n) is 22.8. The average molecular weight is 557 g/mol. The molecule has 9 nitrogen and oxygen atoms in total. The maximum Gasteiger partial charge on any atom is 0.231 e. The van der Waals surface area contributed by atoms with Gasteiger partial charge in [-0.25, -0.2) is 9.37 Å². The Hall–Kier alpha value is -4.70. The summed E-state index contributed by atoms with van der Waals surface area (Å²) in [5.41, 5.74) is 5.82. The van der Waals surface area contributed by atoms with Crippen molar-refractivity contribution >= 4 is 34.2 Å². The fraction of sp³-hybridized carbons (Fsp3) is 0.258. The molecule has 0 unspecified atom stereocenters. The highest BCUT2D eigenvalue weighted by molar-refractivity contribution is 6.06. The Bertz CT molecular complexity index is 1700. The fourth-order valence-electron chi connectivity index (χ4n) is 4.93. The minimum atomic E-state index is -1.60. The van der Waals surface area contributed by atoms with E-state index in [4.69, 9.17) is 10.5 Å². The van der Waals surface area contributed by atoms with Crippen LogP contribution in [-0.4, -0.2) is 39.3 Å². The number of nitrogens with zero attached hydrogens (tertiary/aromatic N) is 2. The molecule has 41 heavy (non-hydrogen) atoms. The van der Waals surface area contributed by atoms with Gasteiger partial charge >= 0.3 is 0 Å². The lowest BCUT2D eigenvalue weighted by atomic mass is 9.81. The van der Waals surface area contributed by atoms with Crippen LogP contribution in [0, 0.1) is 5.82 Å². The lowest BCUT2D eigenvalue weighted by molar-refractivity contribution is -0.123. The van der Waals surface area contributed by atoms with E-state index in [1.54, 1.807) is 43.5 Å². The van der Waals surface area contributed by atoms with Gasteiger partial charge in [-0.1, -0.05) is 6.07 Å². The van der Waals surface area contributed by atoms with Gasteiger partial charge < -0.3 is 20.9 Å². The van der Waals surface area contributed by atoms with Crippen LogP contribution in [0.2, 0.25) is 0 Å². The number of Topliss-reactive ketones (excluding diaryl/α,β-unsaturated/α-hetero) is 1. The van der Waals surface area contributed by atoms with Crippen molar-refractivity contribution in [1.29, 1.82) is 0 Å². The highest BCUT2D eigenvalue weighted by atomic mass is 19.1. The van der Waals surface area contributed by atoms with Crippen LogP contribution < -0.4 is 15.8 Å². The summed E-state index contributed by atoms with van der Waals surface area (Å²) in [5, 5.41) is 15.0. The number of hydrogen-bond acceptors (Lipinski definition) is 7. The predicted molar refractivity (Wildman–Crippen MR) is 151 cm³/mol. The molecule has 0 saturated carbocycles. The summed E-state index contributed by atoms with van der Waals surface area (Å²) < 4.78 is 19.5. The number of anilines is 1. The van der Waals surface area contributed by atoms with Gasteiger partial charge in [0, 0.05) is 41.6 Å². The molecule has 0 aliphatic carbocycles. The minimum absolute atomic E-state index is 0.00479. The van der Waals surface area contributed by atoms with Gasteiger partial charge in [0.25, 0.3) is 0 Å². The molecule has 2 amide bonds. The predicted octanol–water partition coefficient (Wildman–Crippen LogP) is 4.40. The largest absolute Gasteiger partial charge is 0.489 e. The van der Waals surface area contributed by atoms with Crippen molar-refractivity contribution in [2.75, 3.05) is 11.9 Å². The molecular formula is C31H29FN4O5. The van der Waals surface area contributed by atoms with E-state index in [0.29, 0.717) is 44.7 Å². The number of amides is 2. The van der Waals surface area contributed by atoms with Crippen molar-refractivity contribution in [3.8, 4) is 17.0 Å². The first-order valence-electron chi connectivity index (χ1n) is 13.1. The van der Waals surface area contributed by atoms with Crippen LogP contribution in [0.5, 0.6) is 5.75 Å². The van der Waals surface area contributed by atoms with Crippen LogP contribution in [0.4, 0.5) is 10.1 Å². The van der Waals surface area contributed by atoms with E-state index in [1.165, 1.54) is 38.1 Å². The number of ether oxygens (including phenoxy) is 1. The summed E-state index contributed by atoms with van der Waals surface area (Å²) in [6.45, 7) is 4.55. The summed E-state index contributed by atoms with van der Waals surface area (Å²) in [4.78, 5) is 46.5. The molecule has 0 fully saturated rings. The number of aliphatic hydroxyl groups is 1. The maximum absolute atomic E-state index is 13.7. The number of nitrogens with two attached hydrogens (primary N) is 1. The number of ketones is 1. The van der Waals surface area contributed by atoms with Gasteiger partial charge in [-0.05, 0) is 68.8 Å². The lowest BCUT2D eigenvalue weighted by Crippen LogP contribution is -2.40. The van der Waals surface area contributed by atoms with Gasteiger partial charge in [0.05, 0.1) is 16.9 Å². The third kappa shape index (κ3) is 5.26. The zero-order valence-corrected chi connectivity index (χ0v) is 22.8. The van der Waals surface area contributed by atoms with Crippen LogP contribution >= 0.6 is 0 Å². The molecule has 0 radical (unpaired) electrons. The van der Waals surface area contributed by atoms with Crippen molar-refractivity contribution in [2.24, 2.45) is 5.73 Å². The van der Waals surface area contributed by atoms with Crippen molar-refractivity contribution < 1.29 is 28.6 Å². The molecule has 4 N–H and O–H groups in total. The second-order valence-corrected chi connectivity index (χ2v) is 10.7. The second kappa shape index (κ2) is 10.4. The lowest BCUT2D eigenvalue weighted by Gasteiger charge is -2.26. The molecule has 5 rings (SSSR count). The zero-order chi connectivity index (χ0) is 29.5. The number of halogens is 1. The highest BCUT2D eigenvalue weighted by Gasteiger charge is 2.45. The quantitative estimate of drug-likeness (QED) is 0.273. The van der Waals surface area contributed by atoms with E-state index in [2.05, 4.69) is 15.3 Å². The van der Waals surface area contributed by atoms with Gasteiger partial charge in [0.15, 0.2) is 5.78 Å². The van der Waals surface area contributed by atoms with E-state index >= 15 is 0 Å². The molecule has 2 atom stereocenters. The Kier molecular flexibility index (Phi) is 7.04. The molecule has 210 valence electrons. The Morgan fingerprint density at radius 3 is 2.59 bits per heavy atom. The van der Waals surface area contributed by atoms with E-state index < -0.39 is 22.7 Å². The number of rotatable bonds is 8. The maximum atomic E-state index is 13.7. The molecule has 3 heterocycles. The topological polar surface area (TPSA) is 144 Å². The summed E-state index contributed by atoms with van der Waals surface area (Å²) in [5.74, 6) is -1.25. The third-order valence-corrected chi connectivity index (χ3v) is 7.46. The van der Waals surface area contributed by atoms with Gasteiger partial charge in [0.1, 0.15) is 34.9 Å². The molecule has 4 aromatic rings. The van der Waals surface area contributed by atoms with Gasteiger partial charge in [-0.2, -0.15) is 0 Å². The number of hydrogen-bond donors (Lipinski definition) is 3. The average Bonchev–Trinajstić information content (AvgIpc) is 3.29. The van der Waals surface area contributed by atoms with Crippen molar-refractivity contribution in [1.82, 2.24) is 9.97 Å². The first-order chi connectivity index (χ1) is 19.4. The van der Waals surface area contributed by atoms with Gasteiger partial charge in [0.2, 0.25) is 11.8 Å². The van der Waals surface area contributed by atoms with Crippen LogP contribution in [0.3, 0.4) is 0 Å². The van der Waals surface area contributed by atoms with Crippen LogP contribution in [0.25, 0.3) is 22.2 Å². The number of carbonyl (C=O) groups excluding carboxylic acids is 3. The Balaban J connectivity index is 1.49.